The minimum Gasteiger partial charge on any atom is -0.393 e. The number of nitrogens with one attached hydrogen (secondary N) is 2. The molecule has 6 aliphatic rings. The standard InChI is InChI=1S/C38H53BCl2N4O4/c40-37-19-13-35(14-20-37,15-21-37)29-9-5-27(6-10-29)33(46)44-31(3-1-25-42)48-39-49-32(4-2-26-43)45-34(47)28-7-11-30(12-8-28)36-16-22-38(41,23-17-36)24-18-36/h5-12,31-32,39H,1-4,13-26,42-43H2,(H,44,46)(H,45,47). The third-order valence-corrected chi connectivity index (χ3v) is 13.4. The summed E-state index contributed by atoms with van der Waals surface area (Å²) >= 11 is 13.5. The van der Waals surface area contributed by atoms with Crippen molar-refractivity contribution in [1.29, 1.82) is 0 Å². The largest absolute Gasteiger partial charge is 0.441 e. The average molecular weight is 712 g/mol. The summed E-state index contributed by atoms with van der Waals surface area (Å²) in [5, 5.41) is 6.01. The second kappa shape index (κ2) is 15.6. The molecule has 8 rings (SSSR count). The number of amides is 2. The predicted molar refractivity (Wildman–Crippen MR) is 197 cm³/mol. The highest BCUT2D eigenvalue weighted by Crippen LogP contribution is 2.57. The lowest BCUT2D eigenvalue weighted by molar-refractivity contribution is 0.0602. The minimum absolute atomic E-state index is 0.00446. The van der Waals surface area contributed by atoms with Crippen LogP contribution in [0, 0.1) is 0 Å². The molecule has 6 N–H and O–H groups in total. The van der Waals surface area contributed by atoms with Crippen molar-refractivity contribution in [2.75, 3.05) is 13.1 Å². The van der Waals surface area contributed by atoms with E-state index in [1.807, 2.05) is 24.3 Å². The molecule has 0 heterocycles. The van der Waals surface area contributed by atoms with E-state index in [1.165, 1.54) is 11.1 Å². The molecule has 0 aromatic heterocycles. The molecular weight excluding hydrogens is 658 g/mol. The molecule has 0 aliphatic heterocycles. The van der Waals surface area contributed by atoms with Crippen LogP contribution in [0.2, 0.25) is 0 Å². The molecule has 8 nitrogen and oxygen atoms in total. The molecule has 2 amide bonds. The van der Waals surface area contributed by atoms with Gasteiger partial charge in [0.15, 0.2) is 0 Å². The van der Waals surface area contributed by atoms with E-state index in [0.717, 1.165) is 77.0 Å². The van der Waals surface area contributed by atoms with Gasteiger partial charge in [-0.3, -0.25) is 9.59 Å². The van der Waals surface area contributed by atoms with Crippen molar-refractivity contribution in [2.24, 2.45) is 11.5 Å². The Bertz CT molecular complexity index is 1290. The normalized spacial score (nSPS) is 30.0. The van der Waals surface area contributed by atoms with Crippen molar-refractivity contribution >= 4 is 42.7 Å². The highest BCUT2D eigenvalue weighted by molar-refractivity contribution is 6.24. The Balaban J connectivity index is 1.01. The molecule has 2 atom stereocenters. The van der Waals surface area contributed by atoms with Crippen LogP contribution in [-0.2, 0) is 20.1 Å². The molecule has 6 aliphatic carbocycles. The van der Waals surface area contributed by atoms with Gasteiger partial charge in [-0.2, -0.15) is 0 Å². The molecule has 2 aromatic carbocycles. The highest BCUT2D eigenvalue weighted by atomic mass is 35.5. The Morgan fingerprint density at radius 1 is 0.612 bits per heavy atom. The van der Waals surface area contributed by atoms with Crippen LogP contribution in [0.15, 0.2) is 48.5 Å². The third kappa shape index (κ3) is 8.50. The number of benzene rings is 2. The zero-order chi connectivity index (χ0) is 34.5. The Labute approximate surface area is 302 Å². The summed E-state index contributed by atoms with van der Waals surface area (Å²) in [4.78, 5) is 26.5. The molecule has 49 heavy (non-hydrogen) atoms. The van der Waals surface area contributed by atoms with Gasteiger partial charge in [0.05, 0.1) is 0 Å². The van der Waals surface area contributed by atoms with Crippen LogP contribution in [0.3, 0.4) is 0 Å². The quantitative estimate of drug-likeness (QED) is 0.0902. The smallest absolute Gasteiger partial charge is 0.393 e. The summed E-state index contributed by atoms with van der Waals surface area (Å²) < 4.78 is 12.0. The third-order valence-electron chi connectivity index (χ3n) is 12.3. The van der Waals surface area contributed by atoms with E-state index in [1.54, 1.807) is 0 Å². The Kier molecular flexibility index (Phi) is 11.7. The van der Waals surface area contributed by atoms with E-state index in [4.69, 9.17) is 44.0 Å². The van der Waals surface area contributed by atoms with E-state index < -0.39 is 12.5 Å². The first-order valence-corrected chi connectivity index (χ1v) is 19.2. The molecule has 11 heteroatoms. The zero-order valence-electron chi connectivity index (χ0n) is 28.8. The Hall–Kier alpha value is -2.14. The van der Waals surface area contributed by atoms with Crippen LogP contribution in [0.4, 0.5) is 0 Å². The molecule has 0 radical (unpaired) electrons. The predicted octanol–water partition coefficient (Wildman–Crippen LogP) is 6.44. The molecule has 0 saturated heterocycles. The number of hydrogen-bond acceptors (Lipinski definition) is 6. The number of rotatable bonds is 16. The number of carbonyl (C=O) groups is 2. The summed E-state index contributed by atoms with van der Waals surface area (Å²) in [6.45, 7) is 0.944. The molecule has 6 fully saturated rings. The van der Waals surface area contributed by atoms with Crippen LogP contribution >= 0.6 is 23.2 Å². The van der Waals surface area contributed by atoms with E-state index in [9.17, 15) is 9.59 Å². The first-order valence-electron chi connectivity index (χ1n) is 18.4. The zero-order valence-corrected chi connectivity index (χ0v) is 30.3. The van der Waals surface area contributed by atoms with Gasteiger partial charge in [-0.05, 0) is 162 Å². The fraction of sp³-hybridized carbons (Fsp3) is 0.632. The van der Waals surface area contributed by atoms with Gasteiger partial charge in [0, 0.05) is 20.9 Å². The van der Waals surface area contributed by atoms with Crippen molar-refractivity contribution in [2.45, 2.75) is 136 Å². The number of halogens is 2. The molecule has 4 bridgehead atoms. The van der Waals surface area contributed by atoms with Crippen molar-refractivity contribution in [3.8, 4) is 0 Å². The topological polar surface area (TPSA) is 129 Å². The van der Waals surface area contributed by atoms with E-state index in [2.05, 4.69) is 34.9 Å². The number of fused-ring (bicyclic) bond motifs is 6. The second-order valence-corrected chi connectivity index (χ2v) is 16.9. The van der Waals surface area contributed by atoms with Crippen molar-refractivity contribution in [1.82, 2.24) is 10.6 Å². The van der Waals surface area contributed by atoms with Gasteiger partial charge in [-0.1, -0.05) is 24.3 Å². The molecule has 6 saturated carbocycles. The summed E-state index contributed by atoms with van der Waals surface area (Å²) in [6.07, 6.45) is 14.2. The lowest BCUT2D eigenvalue weighted by atomic mass is 9.57. The van der Waals surface area contributed by atoms with Gasteiger partial charge >= 0.3 is 7.69 Å². The van der Waals surface area contributed by atoms with Crippen LogP contribution in [0.1, 0.15) is 135 Å². The van der Waals surface area contributed by atoms with Crippen LogP contribution < -0.4 is 22.1 Å². The molecule has 2 aromatic rings. The maximum Gasteiger partial charge on any atom is 0.441 e. The number of hydrogen-bond donors (Lipinski definition) is 4. The molecule has 2 unspecified atom stereocenters. The average Bonchev–Trinajstić information content (AvgIpc) is 3.13. The number of alkyl halides is 2. The summed E-state index contributed by atoms with van der Waals surface area (Å²) in [7, 11) is -0.113. The number of nitrogens with two attached hydrogens (primary N) is 2. The van der Waals surface area contributed by atoms with E-state index in [0.29, 0.717) is 49.9 Å². The first kappa shape index (κ1) is 36.6. The maximum atomic E-state index is 13.3. The van der Waals surface area contributed by atoms with Crippen molar-refractivity contribution in [3.05, 3.63) is 70.8 Å². The Morgan fingerprint density at radius 3 is 1.24 bits per heavy atom. The van der Waals surface area contributed by atoms with E-state index in [-0.39, 0.29) is 40.1 Å². The van der Waals surface area contributed by atoms with Crippen molar-refractivity contribution < 1.29 is 18.9 Å². The van der Waals surface area contributed by atoms with Gasteiger partial charge in [0.2, 0.25) is 0 Å². The van der Waals surface area contributed by atoms with Crippen molar-refractivity contribution in [3.63, 3.8) is 0 Å². The lowest BCUT2D eigenvalue weighted by Gasteiger charge is -2.51. The Morgan fingerprint density at radius 2 is 0.939 bits per heavy atom. The summed E-state index contributed by atoms with van der Waals surface area (Å²) in [5.41, 5.74) is 15.7. The highest BCUT2D eigenvalue weighted by Gasteiger charge is 2.49. The van der Waals surface area contributed by atoms with E-state index >= 15 is 0 Å². The van der Waals surface area contributed by atoms with Crippen LogP contribution in [0.25, 0.3) is 0 Å². The lowest BCUT2D eigenvalue weighted by Crippen LogP contribution is -2.45. The summed E-state index contributed by atoms with van der Waals surface area (Å²) in [6, 6.07) is 16.1. The maximum absolute atomic E-state index is 13.3. The van der Waals surface area contributed by atoms with Crippen LogP contribution in [0.5, 0.6) is 0 Å². The van der Waals surface area contributed by atoms with Gasteiger partial charge < -0.3 is 31.4 Å². The van der Waals surface area contributed by atoms with Crippen LogP contribution in [-0.4, -0.2) is 54.8 Å². The first-order chi connectivity index (χ1) is 23.6. The van der Waals surface area contributed by atoms with Gasteiger partial charge in [0.25, 0.3) is 11.8 Å². The fourth-order valence-corrected chi connectivity index (χ4v) is 9.33. The molecule has 266 valence electrons. The minimum atomic E-state index is -0.593. The van der Waals surface area contributed by atoms with Gasteiger partial charge in [0.1, 0.15) is 12.5 Å². The monoisotopic (exact) mass is 710 g/mol. The van der Waals surface area contributed by atoms with Gasteiger partial charge in [-0.25, -0.2) is 0 Å². The van der Waals surface area contributed by atoms with Gasteiger partial charge in [-0.15, -0.1) is 23.2 Å². The SMILES string of the molecule is NCCCC(NC(=O)c1ccc(C23CCC(Cl)(CC2)CC3)cc1)OBOC(CCCN)NC(=O)c1ccc(C23CCC(Cl)(CC2)CC3)cc1. The molecular formula is C38H53BCl2N4O4. The molecule has 0 spiro atoms. The second-order valence-electron chi connectivity index (χ2n) is 15.3. The number of carbonyl (C=O) groups excluding carboxylic acids is 2. The summed E-state index contributed by atoms with van der Waals surface area (Å²) in [5.74, 6) is -0.421. The fourth-order valence-electron chi connectivity index (χ4n) is 8.76.